The number of rotatable bonds is 4. The van der Waals surface area contributed by atoms with E-state index in [9.17, 15) is 14.9 Å². The molecule has 0 N–H and O–H groups in total. The van der Waals surface area contributed by atoms with Gasteiger partial charge < -0.3 is 9.64 Å². The molecule has 29 heavy (non-hydrogen) atoms. The number of nitrogens with zero attached hydrogens (tertiary/aromatic N) is 3. The highest BCUT2D eigenvalue weighted by molar-refractivity contribution is 8.00. The van der Waals surface area contributed by atoms with Crippen LogP contribution in [-0.4, -0.2) is 48.1 Å². The van der Waals surface area contributed by atoms with Gasteiger partial charge in [-0.05, 0) is 25.5 Å². The average Bonchev–Trinajstić information content (AvgIpc) is 3.07. The van der Waals surface area contributed by atoms with Gasteiger partial charge in [-0.2, -0.15) is 0 Å². The molecule has 2 aromatic rings. The maximum absolute atomic E-state index is 12.4. The van der Waals surface area contributed by atoms with Gasteiger partial charge in [-0.3, -0.25) is 19.9 Å². The predicted molar refractivity (Wildman–Crippen MR) is 113 cm³/mol. The first-order valence-electron chi connectivity index (χ1n) is 9.43. The lowest BCUT2D eigenvalue weighted by Crippen LogP contribution is -2.27. The Hall–Kier alpha value is -2.71. The second-order valence-corrected chi connectivity index (χ2v) is 8.37. The first-order chi connectivity index (χ1) is 14.0. The van der Waals surface area contributed by atoms with Gasteiger partial charge in [-0.25, -0.2) is 0 Å². The minimum absolute atomic E-state index is 0.00372. The molecule has 0 aromatic heterocycles. The van der Waals surface area contributed by atoms with E-state index in [2.05, 4.69) is 11.9 Å². The van der Waals surface area contributed by atoms with E-state index < -0.39 is 4.92 Å². The second-order valence-electron chi connectivity index (χ2n) is 7.09. The molecule has 150 valence electrons. The lowest BCUT2D eigenvalue weighted by atomic mass is 9.99. The fraction of sp³-hybridized carbons (Fsp3) is 0.333. The van der Waals surface area contributed by atoms with Crippen molar-refractivity contribution in [3.63, 3.8) is 0 Å². The van der Waals surface area contributed by atoms with Crippen LogP contribution in [0, 0.1) is 10.1 Å². The normalized spacial score (nSPS) is 21.5. The van der Waals surface area contributed by atoms with Crippen LogP contribution in [-0.2, 0) is 9.53 Å². The van der Waals surface area contributed by atoms with Crippen molar-refractivity contribution in [1.82, 2.24) is 0 Å². The third-order valence-corrected chi connectivity index (χ3v) is 6.81. The van der Waals surface area contributed by atoms with Crippen LogP contribution >= 0.6 is 11.8 Å². The Labute approximate surface area is 172 Å². The maximum atomic E-state index is 12.4. The van der Waals surface area contributed by atoms with E-state index in [0.29, 0.717) is 22.2 Å². The lowest BCUT2D eigenvalue weighted by Gasteiger charge is -2.19. The summed E-state index contributed by atoms with van der Waals surface area (Å²) in [5.74, 6) is -0.155. The third kappa shape index (κ3) is 3.77. The molecule has 2 aromatic carbocycles. The van der Waals surface area contributed by atoms with Gasteiger partial charge >= 0.3 is 0 Å². The number of benzene rings is 2. The molecule has 8 heteroatoms. The van der Waals surface area contributed by atoms with Gasteiger partial charge in [0, 0.05) is 47.1 Å². The molecule has 1 amide bonds. The monoisotopic (exact) mass is 411 g/mol. The number of non-ortho nitro benzene ring substituents is 1. The van der Waals surface area contributed by atoms with Gasteiger partial charge in [0.05, 0.1) is 22.4 Å². The first-order valence-corrected chi connectivity index (χ1v) is 10.3. The number of nitro groups is 1. The van der Waals surface area contributed by atoms with Gasteiger partial charge in [-0.15, -0.1) is 11.8 Å². The maximum Gasteiger partial charge on any atom is 0.270 e. The standard InChI is InChI=1S/C21H21N3O4S/c1-13-18(9-10-28-13)29-19-6-4-3-5-15(19)21-16-11-14(24(26)27)7-8-17(16)23(2)20(25)12-22-21/h3-8,11,13,18H,9-10,12H2,1-2H3. The van der Waals surface area contributed by atoms with Crippen molar-refractivity contribution in [3.8, 4) is 0 Å². The van der Waals surface area contributed by atoms with E-state index >= 15 is 0 Å². The molecular weight excluding hydrogens is 390 g/mol. The molecule has 1 saturated heterocycles. The van der Waals surface area contributed by atoms with Crippen LogP contribution in [0.3, 0.4) is 0 Å². The topological polar surface area (TPSA) is 85.0 Å². The Kier molecular flexibility index (Phi) is 5.38. The zero-order valence-corrected chi connectivity index (χ0v) is 17.0. The first kappa shape index (κ1) is 19.6. The number of amides is 1. The van der Waals surface area contributed by atoms with Crippen molar-refractivity contribution in [1.29, 1.82) is 0 Å². The number of carbonyl (C=O) groups is 1. The quantitative estimate of drug-likeness (QED) is 0.566. The number of anilines is 1. The SMILES string of the molecule is CC1OCCC1Sc1ccccc1C1=NCC(=O)N(C)c2ccc([N+](=O)[O-])cc21. The summed E-state index contributed by atoms with van der Waals surface area (Å²) in [4.78, 5) is 30.5. The van der Waals surface area contributed by atoms with Crippen molar-refractivity contribution in [2.75, 3.05) is 25.1 Å². The van der Waals surface area contributed by atoms with Crippen molar-refractivity contribution in [2.45, 2.75) is 29.6 Å². The number of nitro benzene ring substituents is 1. The number of carbonyl (C=O) groups excluding carboxylic acids is 1. The smallest absolute Gasteiger partial charge is 0.270 e. The molecule has 0 aliphatic carbocycles. The van der Waals surface area contributed by atoms with E-state index in [1.54, 1.807) is 24.9 Å². The van der Waals surface area contributed by atoms with Crippen molar-refractivity contribution in [2.24, 2.45) is 4.99 Å². The van der Waals surface area contributed by atoms with Crippen LogP contribution < -0.4 is 4.90 Å². The fourth-order valence-electron chi connectivity index (χ4n) is 3.62. The Morgan fingerprint density at radius 3 is 2.76 bits per heavy atom. The van der Waals surface area contributed by atoms with Gasteiger partial charge in [0.2, 0.25) is 5.91 Å². The van der Waals surface area contributed by atoms with Crippen LogP contribution in [0.15, 0.2) is 52.4 Å². The van der Waals surface area contributed by atoms with Gasteiger partial charge in [-0.1, -0.05) is 18.2 Å². The summed E-state index contributed by atoms with van der Waals surface area (Å²) < 4.78 is 5.69. The molecule has 7 nitrogen and oxygen atoms in total. The van der Waals surface area contributed by atoms with E-state index in [1.165, 1.54) is 17.0 Å². The highest BCUT2D eigenvalue weighted by atomic mass is 32.2. The van der Waals surface area contributed by atoms with E-state index in [4.69, 9.17) is 4.74 Å². The molecule has 2 heterocycles. The van der Waals surface area contributed by atoms with Gasteiger partial charge in [0.1, 0.15) is 6.54 Å². The summed E-state index contributed by atoms with van der Waals surface area (Å²) >= 11 is 1.73. The van der Waals surface area contributed by atoms with Crippen LogP contribution in [0.2, 0.25) is 0 Å². The molecular formula is C21H21N3O4S. The van der Waals surface area contributed by atoms with Gasteiger partial charge in [0.25, 0.3) is 5.69 Å². The molecule has 2 atom stereocenters. The Morgan fingerprint density at radius 2 is 2.03 bits per heavy atom. The minimum Gasteiger partial charge on any atom is -0.377 e. The van der Waals surface area contributed by atoms with Gasteiger partial charge in [0.15, 0.2) is 0 Å². The van der Waals surface area contributed by atoms with E-state index in [1.807, 2.05) is 24.3 Å². The number of fused-ring (bicyclic) bond motifs is 1. The van der Waals surface area contributed by atoms with Crippen LogP contribution in [0.5, 0.6) is 0 Å². The molecule has 0 radical (unpaired) electrons. The summed E-state index contributed by atoms with van der Waals surface area (Å²) in [5.41, 5.74) is 2.67. The molecule has 1 fully saturated rings. The van der Waals surface area contributed by atoms with Crippen LogP contribution in [0.4, 0.5) is 11.4 Å². The summed E-state index contributed by atoms with van der Waals surface area (Å²) in [6.45, 7) is 2.81. The predicted octanol–water partition coefficient (Wildman–Crippen LogP) is 3.68. The molecule has 2 aliphatic rings. The molecule has 4 rings (SSSR count). The number of aliphatic imine (C=N–C) groups is 1. The second kappa shape index (κ2) is 7.96. The summed E-state index contributed by atoms with van der Waals surface area (Å²) in [6, 6.07) is 12.4. The Balaban J connectivity index is 1.83. The van der Waals surface area contributed by atoms with E-state index in [-0.39, 0.29) is 24.2 Å². The number of benzodiazepines with no additional fused rings is 1. The third-order valence-electron chi connectivity index (χ3n) is 5.28. The molecule has 2 aliphatic heterocycles. The number of hydrogen-bond donors (Lipinski definition) is 0. The highest BCUT2D eigenvalue weighted by Gasteiger charge is 2.29. The number of likely N-dealkylation sites (N-methyl/N-ethyl adjacent to an activating group) is 1. The molecule has 0 bridgehead atoms. The largest absolute Gasteiger partial charge is 0.377 e. The summed E-state index contributed by atoms with van der Waals surface area (Å²) in [7, 11) is 1.67. The van der Waals surface area contributed by atoms with Crippen molar-refractivity contribution >= 4 is 34.8 Å². The minimum atomic E-state index is -0.428. The number of hydrogen-bond acceptors (Lipinski definition) is 6. The lowest BCUT2D eigenvalue weighted by molar-refractivity contribution is -0.384. The number of ether oxygens (including phenoxy) is 1. The molecule has 0 saturated carbocycles. The van der Waals surface area contributed by atoms with E-state index in [0.717, 1.165) is 23.5 Å². The number of thioether (sulfide) groups is 1. The zero-order valence-electron chi connectivity index (χ0n) is 16.2. The fourth-order valence-corrected chi connectivity index (χ4v) is 4.88. The summed E-state index contributed by atoms with van der Waals surface area (Å²) in [5, 5.41) is 11.7. The average molecular weight is 411 g/mol. The zero-order chi connectivity index (χ0) is 20.5. The summed E-state index contributed by atoms with van der Waals surface area (Å²) in [6.07, 6.45) is 1.13. The molecule has 0 spiro atoms. The molecule has 2 unspecified atom stereocenters. The van der Waals surface area contributed by atoms with Crippen LogP contribution in [0.1, 0.15) is 24.5 Å². The van der Waals surface area contributed by atoms with Crippen molar-refractivity contribution < 1.29 is 14.5 Å². The van der Waals surface area contributed by atoms with Crippen LogP contribution in [0.25, 0.3) is 0 Å². The Morgan fingerprint density at radius 1 is 1.24 bits per heavy atom. The Bertz CT molecular complexity index is 1010. The highest BCUT2D eigenvalue weighted by Crippen LogP contribution is 2.37. The van der Waals surface area contributed by atoms with Crippen molar-refractivity contribution in [3.05, 3.63) is 63.7 Å².